The molecule has 1 aromatic carbocycles. The summed E-state index contributed by atoms with van der Waals surface area (Å²) in [6.45, 7) is 1.73. The molecule has 1 unspecified atom stereocenters. The molecule has 2 aromatic rings. The van der Waals surface area contributed by atoms with Gasteiger partial charge in [0.1, 0.15) is 0 Å². The number of rotatable bonds is 5. The van der Waals surface area contributed by atoms with E-state index >= 15 is 0 Å². The molecule has 0 aliphatic heterocycles. The van der Waals surface area contributed by atoms with Gasteiger partial charge in [-0.05, 0) is 25.1 Å². The SMILES string of the molecule is CC(Sc1nnc(Nc2cccc(Cl)c2)s1)C(N)=O. The molecule has 0 fully saturated rings. The van der Waals surface area contributed by atoms with Crippen molar-refractivity contribution in [2.45, 2.75) is 16.5 Å². The predicted molar refractivity (Wildman–Crippen MR) is 79.2 cm³/mol. The largest absolute Gasteiger partial charge is 0.369 e. The summed E-state index contributed by atoms with van der Waals surface area (Å²) in [5, 5.41) is 12.0. The van der Waals surface area contributed by atoms with E-state index in [0.29, 0.717) is 14.5 Å². The predicted octanol–water partition coefficient (Wildman–Crippen LogP) is 2.90. The van der Waals surface area contributed by atoms with E-state index in [-0.39, 0.29) is 11.2 Å². The highest BCUT2D eigenvalue weighted by Gasteiger charge is 2.14. The number of benzene rings is 1. The highest BCUT2D eigenvalue weighted by molar-refractivity contribution is 8.02. The van der Waals surface area contributed by atoms with Crippen molar-refractivity contribution in [2.24, 2.45) is 5.73 Å². The van der Waals surface area contributed by atoms with E-state index in [4.69, 9.17) is 17.3 Å². The molecule has 0 bridgehead atoms. The molecular weight excluding hydrogens is 304 g/mol. The van der Waals surface area contributed by atoms with E-state index in [2.05, 4.69) is 15.5 Å². The quantitative estimate of drug-likeness (QED) is 0.829. The number of carbonyl (C=O) groups is 1. The maximum Gasteiger partial charge on any atom is 0.230 e. The van der Waals surface area contributed by atoms with Gasteiger partial charge < -0.3 is 11.1 Å². The molecule has 1 aromatic heterocycles. The van der Waals surface area contributed by atoms with Crippen molar-refractivity contribution in [2.75, 3.05) is 5.32 Å². The summed E-state index contributed by atoms with van der Waals surface area (Å²) in [7, 11) is 0. The summed E-state index contributed by atoms with van der Waals surface area (Å²) >= 11 is 8.54. The molecule has 3 N–H and O–H groups in total. The molecule has 1 amide bonds. The molecular formula is C11H11ClN4OS2. The van der Waals surface area contributed by atoms with E-state index in [1.165, 1.54) is 23.1 Å². The topological polar surface area (TPSA) is 80.9 Å². The number of carbonyl (C=O) groups excluding carboxylic acids is 1. The van der Waals surface area contributed by atoms with Crippen LogP contribution in [0.1, 0.15) is 6.92 Å². The van der Waals surface area contributed by atoms with Gasteiger partial charge in [-0.3, -0.25) is 4.79 Å². The van der Waals surface area contributed by atoms with Crippen LogP contribution in [0.5, 0.6) is 0 Å². The van der Waals surface area contributed by atoms with Gasteiger partial charge in [-0.15, -0.1) is 10.2 Å². The van der Waals surface area contributed by atoms with Crippen LogP contribution in [0.2, 0.25) is 5.02 Å². The fourth-order valence-corrected chi connectivity index (χ4v) is 3.26. The lowest BCUT2D eigenvalue weighted by molar-refractivity contribution is -0.117. The number of anilines is 2. The summed E-state index contributed by atoms with van der Waals surface area (Å²) in [4.78, 5) is 11.0. The minimum absolute atomic E-state index is 0.327. The maximum absolute atomic E-state index is 11.0. The molecule has 19 heavy (non-hydrogen) atoms. The molecule has 1 atom stereocenters. The van der Waals surface area contributed by atoms with Gasteiger partial charge in [0.25, 0.3) is 0 Å². The third kappa shape index (κ3) is 4.09. The Labute approximate surface area is 123 Å². The van der Waals surface area contributed by atoms with Crippen LogP contribution in [-0.4, -0.2) is 21.4 Å². The lowest BCUT2D eigenvalue weighted by Gasteiger charge is -2.02. The molecule has 0 spiro atoms. The number of primary amides is 1. The molecule has 0 aliphatic carbocycles. The van der Waals surface area contributed by atoms with E-state index in [9.17, 15) is 4.79 Å². The van der Waals surface area contributed by atoms with Gasteiger partial charge >= 0.3 is 0 Å². The van der Waals surface area contributed by atoms with Gasteiger partial charge in [-0.1, -0.05) is 40.8 Å². The average Bonchev–Trinajstić information content (AvgIpc) is 2.76. The minimum atomic E-state index is -0.371. The highest BCUT2D eigenvalue weighted by Crippen LogP contribution is 2.30. The van der Waals surface area contributed by atoms with Gasteiger partial charge in [0, 0.05) is 10.7 Å². The molecule has 8 heteroatoms. The number of thioether (sulfide) groups is 1. The van der Waals surface area contributed by atoms with E-state index in [0.717, 1.165) is 5.69 Å². The van der Waals surface area contributed by atoms with Gasteiger partial charge in [-0.2, -0.15) is 0 Å². The van der Waals surface area contributed by atoms with Crippen LogP contribution in [0.25, 0.3) is 0 Å². The first-order chi connectivity index (χ1) is 9.04. The van der Waals surface area contributed by atoms with Crippen molar-refractivity contribution in [3.05, 3.63) is 29.3 Å². The lowest BCUT2D eigenvalue weighted by atomic mass is 10.3. The van der Waals surface area contributed by atoms with Crippen LogP contribution >= 0.6 is 34.7 Å². The summed E-state index contributed by atoms with van der Waals surface area (Å²) in [6.07, 6.45) is 0. The fraction of sp³-hybridized carbons (Fsp3) is 0.182. The van der Waals surface area contributed by atoms with Crippen LogP contribution in [0, 0.1) is 0 Å². The van der Waals surface area contributed by atoms with Crippen molar-refractivity contribution >= 4 is 51.4 Å². The zero-order chi connectivity index (χ0) is 13.8. The normalized spacial score (nSPS) is 12.1. The molecule has 0 saturated heterocycles. The van der Waals surface area contributed by atoms with Crippen LogP contribution in [-0.2, 0) is 4.79 Å². The zero-order valence-corrected chi connectivity index (χ0v) is 12.4. The van der Waals surface area contributed by atoms with Crippen LogP contribution in [0.4, 0.5) is 10.8 Å². The van der Waals surface area contributed by atoms with Crippen molar-refractivity contribution in [3.63, 3.8) is 0 Å². The first-order valence-electron chi connectivity index (χ1n) is 5.36. The zero-order valence-electron chi connectivity index (χ0n) is 9.96. The molecule has 5 nitrogen and oxygen atoms in total. The van der Waals surface area contributed by atoms with Crippen molar-refractivity contribution in [1.29, 1.82) is 0 Å². The molecule has 0 saturated carbocycles. The molecule has 0 aliphatic rings. The standard InChI is InChI=1S/C11H11ClN4OS2/c1-6(9(13)17)18-11-16-15-10(19-11)14-8-4-2-3-7(12)5-8/h2-6H,1H3,(H2,13,17)(H,14,15). The molecule has 1 heterocycles. The average molecular weight is 315 g/mol. The van der Waals surface area contributed by atoms with Gasteiger partial charge in [-0.25, -0.2) is 0 Å². The summed E-state index contributed by atoms with van der Waals surface area (Å²) in [5.41, 5.74) is 6.03. The third-order valence-electron chi connectivity index (χ3n) is 2.16. The number of halogens is 1. The summed E-state index contributed by atoms with van der Waals surface area (Å²) in [6, 6.07) is 7.31. The molecule has 100 valence electrons. The number of aromatic nitrogens is 2. The second-order valence-corrected chi connectivity index (χ2v) is 6.67. The Bertz CT molecular complexity index is 590. The van der Waals surface area contributed by atoms with Gasteiger partial charge in [0.15, 0.2) is 4.34 Å². The lowest BCUT2D eigenvalue weighted by Crippen LogP contribution is -2.22. The van der Waals surface area contributed by atoms with Crippen LogP contribution in [0.15, 0.2) is 28.6 Å². The first-order valence-corrected chi connectivity index (χ1v) is 7.44. The number of nitrogens with zero attached hydrogens (tertiary/aromatic N) is 2. The van der Waals surface area contributed by atoms with E-state index in [1.807, 2.05) is 12.1 Å². The van der Waals surface area contributed by atoms with Crippen molar-refractivity contribution in [1.82, 2.24) is 10.2 Å². The Kier molecular flexibility index (Phi) is 4.62. The summed E-state index contributed by atoms with van der Waals surface area (Å²) in [5.74, 6) is -0.371. The Morgan fingerprint density at radius 1 is 1.53 bits per heavy atom. The Morgan fingerprint density at radius 3 is 3.00 bits per heavy atom. The second kappa shape index (κ2) is 6.23. The Hall–Kier alpha value is -1.31. The van der Waals surface area contributed by atoms with E-state index in [1.54, 1.807) is 19.1 Å². The second-order valence-electron chi connectivity index (χ2n) is 3.67. The number of nitrogens with one attached hydrogen (secondary N) is 1. The fourth-order valence-electron chi connectivity index (χ4n) is 1.21. The summed E-state index contributed by atoms with van der Waals surface area (Å²) < 4.78 is 0.691. The molecule has 0 radical (unpaired) electrons. The smallest absolute Gasteiger partial charge is 0.230 e. The van der Waals surface area contributed by atoms with Gasteiger partial charge in [0.2, 0.25) is 11.0 Å². The highest BCUT2D eigenvalue weighted by atomic mass is 35.5. The first kappa shape index (κ1) is 14.1. The number of hydrogen-bond donors (Lipinski definition) is 2. The van der Waals surface area contributed by atoms with Gasteiger partial charge in [0.05, 0.1) is 5.25 Å². The van der Waals surface area contributed by atoms with Crippen molar-refractivity contribution in [3.8, 4) is 0 Å². The number of amides is 1. The monoisotopic (exact) mass is 314 g/mol. The Morgan fingerprint density at radius 2 is 2.32 bits per heavy atom. The minimum Gasteiger partial charge on any atom is -0.369 e. The maximum atomic E-state index is 11.0. The number of nitrogens with two attached hydrogens (primary N) is 1. The van der Waals surface area contributed by atoms with Crippen LogP contribution in [0.3, 0.4) is 0 Å². The molecule has 2 rings (SSSR count). The number of hydrogen-bond acceptors (Lipinski definition) is 6. The third-order valence-corrected chi connectivity index (χ3v) is 4.44. The van der Waals surface area contributed by atoms with Crippen molar-refractivity contribution < 1.29 is 4.79 Å². The van der Waals surface area contributed by atoms with Crippen LogP contribution < -0.4 is 11.1 Å². The Balaban J connectivity index is 2.03. The van der Waals surface area contributed by atoms with E-state index < -0.39 is 0 Å².